The molecule has 3 rings (SSSR count). The van der Waals surface area contributed by atoms with Gasteiger partial charge in [0.15, 0.2) is 6.29 Å². The molecule has 6 heteroatoms. The Morgan fingerprint density at radius 2 is 1.95 bits per heavy atom. The molecule has 0 spiro atoms. The first-order valence-electron chi connectivity index (χ1n) is 6.58. The Bertz CT molecular complexity index is 672. The van der Waals surface area contributed by atoms with Crippen LogP contribution in [0.15, 0.2) is 48.7 Å². The third-order valence-electron chi connectivity index (χ3n) is 3.19. The van der Waals surface area contributed by atoms with Crippen molar-refractivity contribution in [1.82, 2.24) is 4.57 Å². The number of benzene rings is 1. The molecule has 0 bridgehead atoms. The fourth-order valence-electron chi connectivity index (χ4n) is 2.24. The van der Waals surface area contributed by atoms with Gasteiger partial charge in [0.05, 0.1) is 18.1 Å². The molecule has 1 saturated heterocycles. The zero-order chi connectivity index (χ0) is 14.7. The van der Waals surface area contributed by atoms with Gasteiger partial charge in [-0.05, 0) is 30.4 Å². The minimum absolute atomic E-state index is 0.0664. The summed E-state index contributed by atoms with van der Waals surface area (Å²) in [6.07, 6.45) is 5.08. The summed E-state index contributed by atoms with van der Waals surface area (Å²) in [5.74, 6) is 0. The van der Waals surface area contributed by atoms with Crippen LogP contribution >= 0.6 is 0 Å². The van der Waals surface area contributed by atoms with Crippen LogP contribution in [0.4, 0.5) is 5.69 Å². The highest BCUT2D eigenvalue weighted by Crippen LogP contribution is 2.24. The Kier molecular flexibility index (Phi) is 3.81. The SMILES string of the molecule is O=[N+]([O-])c1ccccc1-n1cccc1/C=C/C1OCCO1. The van der Waals surface area contributed by atoms with Crippen molar-refractivity contribution in [2.24, 2.45) is 0 Å². The Hall–Kier alpha value is -2.44. The number of hydrogen-bond donors (Lipinski definition) is 0. The monoisotopic (exact) mass is 286 g/mol. The van der Waals surface area contributed by atoms with Gasteiger partial charge in [0.25, 0.3) is 5.69 Å². The fourth-order valence-corrected chi connectivity index (χ4v) is 2.24. The van der Waals surface area contributed by atoms with Crippen molar-refractivity contribution in [3.05, 3.63) is 64.5 Å². The van der Waals surface area contributed by atoms with Crippen molar-refractivity contribution >= 4 is 11.8 Å². The van der Waals surface area contributed by atoms with E-state index < -0.39 is 0 Å². The first kappa shape index (κ1) is 13.5. The summed E-state index contributed by atoms with van der Waals surface area (Å²) in [5, 5.41) is 11.1. The Balaban J connectivity index is 1.93. The highest BCUT2D eigenvalue weighted by atomic mass is 16.7. The van der Waals surface area contributed by atoms with E-state index in [1.165, 1.54) is 6.07 Å². The lowest BCUT2D eigenvalue weighted by atomic mass is 10.2. The lowest BCUT2D eigenvalue weighted by Crippen LogP contribution is -2.03. The van der Waals surface area contributed by atoms with Gasteiger partial charge in [-0.3, -0.25) is 10.1 Å². The van der Waals surface area contributed by atoms with E-state index in [0.717, 1.165) is 5.69 Å². The summed E-state index contributed by atoms with van der Waals surface area (Å²) in [6.45, 7) is 1.17. The predicted molar refractivity (Wildman–Crippen MR) is 77.1 cm³/mol. The van der Waals surface area contributed by atoms with Gasteiger partial charge in [0.2, 0.25) is 0 Å². The molecule has 108 valence electrons. The van der Waals surface area contributed by atoms with E-state index in [0.29, 0.717) is 18.9 Å². The fraction of sp³-hybridized carbons (Fsp3) is 0.200. The van der Waals surface area contributed by atoms with Gasteiger partial charge in [-0.15, -0.1) is 0 Å². The summed E-state index contributed by atoms with van der Waals surface area (Å²) >= 11 is 0. The highest BCUT2D eigenvalue weighted by molar-refractivity contribution is 5.58. The number of ether oxygens (including phenoxy) is 2. The molecule has 0 saturated carbocycles. The highest BCUT2D eigenvalue weighted by Gasteiger charge is 2.16. The van der Waals surface area contributed by atoms with E-state index in [1.54, 1.807) is 35.0 Å². The molecule has 1 aromatic heterocycles. The Morgan fingerprint density at radius 1 is 1.19 bits per heavy atom. The Morgan fingerprint density at radius 3 is 2.71 bits per heavy atom. The second-order valence-corrected chi connectivity index (χ2v) is 4.52. The van der Waals surface area contributed by atoms with Crippen LogP contribution in [0.1, 0.15) is 5.69 Å². The van der Waals surface area contributed by atoms with Crippen LogP contribution < -0.4 is 0 Å². The molecule has 1 aliphatic rings. The molecule has 0 atom stereocenters. The molecule has 1 aliphatic heterocycles. The van der Waals surface area contributed by atoms with Crippen molar-refractivity contribution in [3.8, 4) is 5.69 Å². The maximum absolute atomic E-state index is 11.1. The van der Waals surface area contributed by atoms with E-state index in [4.69, 9.17) is 9.47 Å². The lowest BCUT2D eigenvalue weighted by molar-refractivity contribution is -0.384. The average molecular weight is 286 g/mol. The smallest absolute Gasteiger partial charge is 0.293 e. The van der Waals surface area contributed by atoms with Crippen molar-refractivity contribution in [3.63, 3.8) is 0 Å². The molecule has 0 amide bonds. The summed E-state index contributed by atoms with van der Waals surface area (Å²) in [5.41, 5.74) is 1.42. The van der Waals surface area contributed by atoms with E-state index in [-0.39, 0.29) is 16.9 Å². The quantitative estimate of drug-likeness (QED) is 0.640. The first-order chi connectivity index (χ1) is 10.3. The molecule has 21 heavy (non-hydrogen) atoms. The second kappa shape index (κ2) is 5.90. The minimum Gasteiger partial charge on any atom is -0.347 e. The number of aromatic nitrogens is 1. The molecule has 0 aliphatic carbocycles. The van der Waals surface area contributed by atoms with Crippen molar-refractivity contribution in [2.75, 3.05) is 13.2 Å². The summed E-state index contributed by atoms with van der Waals surface area (Å²) in [7, 11) is 0. The van der Waals surface area contributed by atoms with Crippen molar-refractivity contribution in [1.29, 1.82) is 0 Å². The van der Waals surface area contributed by atoms with Crippen molar-refractivity contribution in [2.45, 2.75) is 6.29 Å². The van der Waals surface area contributed by atoms with E-state index in [1.807, 2.05) is 18.2 Å². The predicted octanol–water partition coefficient (Wildman–Crippen LogP) is 2.77. The third kappa shape index (κ3) is 2.86. The van der Waals surface area contributed by atoms with Crippen LogP contribution in [0.3, 0.4) is 0 Å². The zero-order valence-electron chi connectivity index (χ0n) is 11.2. The van der Waals surface area contributed by atoms with Crippen LogP contribution in [0.2, 0.25) is 0 Å². The van der Waals surface area contributed by atoms with E-state index >= 15 is 0 Å². The second-order valence-electron chi connectivity index (χ2n) is 4.52. The van der Waals surface area contributed by atoms with Crippen LogP contribution in [-0.4, -0.2) is 29.0 Å². The van der Waals surface area contributed by atoms with Gasteiger partial charge in [0.1, 0.15) is 5.69 Å². The standard InChI is InChI=1S/C15H14N2O4/c18-17(19)14-6-2-1-5-13(14)16-9-3-4-12(16)7-8-15-20-10-11-21-15/h1-9,15H,10-11H2/b8-7+. The number of para-hydroxylation sites is 2. The molecule has 2 aromatic rings. The molecule has 2 heterocycles. The topological polar surface area (TPSA) is 66.5 Å². The van der Waals surface area contributed by atoms with Gasteiger partial charge in [0, 0.05) is 18.0 Å². The number of nitro groups is 1. The lowest BCUT2D eigenvalue weighted by Gasteiger charge is -2.08. The Labute approximate surface area is 121 Å². The van der Waals surface area contributed by atoms with E-state index in [2.05, 4.69) is 0 Å². The minimum atomic E-state index is -0.383. The van der Waals surface area contributed by atoms with Crippen LogP contribution in [0.5, 0.6) is 0 Å². The summed E-state index contributed by atoms with van der Waals surface area (Å²) in [6, 6.07) is 10.4. The maximum atomic E-state index is 11.1. The molecule has 6 nitrogen and oxygen atoms in total. The molecular weight excluding hydrogens is 272 g/mol. The zero-order valence-corrected chi connectivity index (χ0v) is 11.2. The summed E-state index contributed by atoms with van der Waals surface area (Å²) in [4.78, 5) is 10.7. The first-order valence-corrected chi connectivity index (χ1v) is 6.58. The molecular formula is C15H14N2O4. The van der Waals surface area contributed by atoms with E-state index in [9.17, 15) is 10.1 Å². The van der Waals surface area contributed by atoms with Gasteiger partial charge >= 0.3 is 0 Å². The molecule has 0 unspecified atom stereocenters. The van der Waals surface area contributed by atoms with Crippen LogP contribution in [0, 0.1) is 10.1 Å². The largest absolute Gasteiger partial charge is 0.347 e. The number of nitro benzene ring substituents is 1. The number of rotatable bonds is 4. The van der Waals surface area contributed by atoms with Gasteiger partial charge in [-0.2, -0.15) is 0 Å². The molecule has 1 aromatic carbocycles. The summed E-state index contributed by atoms with van der Waals surface area (Å²) < 4.78 is 12.4. The number of hydrogen-bond acceptors (Lipinski definition) is 4. The van der Waals surface area contributed by atoms with Crippen LogP contribution in [-0.2, 0) is 9.47 Å². The number of nitrogens with zero attached hydrogens (tertiary/aromatic N) is 2. The average Bonchev–Trinajstić information content (AvgIpc) is 3.16. The molecule has 0 radical (unpaired) electrons. The van der Waals surface area contributed by atoms with Crippen LogP contribution in [0.25, 0.3) is 11.8 Å². The molecule has 1 fully saturated rings. The molecule has 0 N–H and O–H groups in total. The van der Waals surface area contributed by atoms with Gasteiger partial charge in [-0.1, -0.05) is 12.1 Å². The third-order valence-corrected chi connectivity index (χ3v) is 3.19. The maximum Gasteiger partial charge on any atom is 0.293 e. The van der Waals surface area contributed by atoms with Gasteiger partial charge < -0.3 is 14.0 Å². The normalized spacial score (nSPS) is 15.8. The van der Waals surface area contributed by atoms with Crippen molar-refractivity contribution < 1.29 is 14.4 Å². The van der Waals surface area contributed by atoms with Gasteiger partial charge in [-0.25, -0.2) is 0 Å².